The molecular formula is C13H17N5O3. The SMILES string of the molecule is Cc1nc(=O)n(Cc2ncn[nH]2)c(C)c1CC(C)C(=O)O. The molecule has 8 nitrogen and oxygen atoms in total. The second-order valence-corrected chi connectivity index (χ2v) is 5.01. The second kappa shape index (κ2) is 5.86. The molecule has 8 heteroatoms. The molecule has 0 spiro atoms. The third kappa shape index (κ3) is 3.15. The molecule has 2 aromatic heterocycles. The topological polar surface area (TPSA) is 114 Å². The van der Waals surface area contributed by atoms with Gasteiger partial charge in [-0.25, -0.2) is 9.78 Å². The Morgan fingerprint density at radius 3 is 2.76 bits per heavy atom. The largest absolute Gasteiger partial charge is 0.481 e. The Hall–Kier alpha value is -2.51. The molecule has 2 N–H and O–H groups in total. The number of hydrogen-bond donors (Lipinski definition) is 2. The van der Waals surface area contributed by atoms with Crippen LogP contribution in [0.3, 0.4) is 0 Å². The molecule has 1 unspecified atom stereocenters. The molecule has 112 valence electrons. The number of H-pyrrole nitrogens is 1. The number of aliphatic carboxylic acids is 1. The van der Waals surface area contributed by atoms with E-state index in [1.54, 1.807) is 20.8 Å². The third-order valence-corrected chi connectivity index (χ3v) is 3.48. The van der Waals surface area contributed by atoms with E-state index in [-0.39, 0.29) is 12.2 Å². The fourth-order valence-corrected chi connectivity index (χ4v) is 2.17. The number of carboxylic acid groups (broad SMARTS) is 1. The second-order valence-electron chi connectivity index (χ2n) is 5.01. The van der Waals surface area contributed by atoms with E-state index in [2.05, 4.69) is 20.2 Å². The highest BCUT2D eigenvalue weighted by Gasteiger charge is 2.18. The van der Waals surface area contributed by atoms with Crippen LogP contribution in [0, 0.1) is 19.8 Å². The number of hydrogen-bond acceptors (Lipinski definition) is 5. The van der Waals surface area contributed by atoms with E-state index >= 15 is 0 Å². The van der Waals surface area contributed by atoms with E-state index in [0.29, 0.717) is 23.6 Å². The van der Waals surface area contributed by atoms with Crippen LogP contribution in [0.15, 0.2) is 11.1 Å². The van der Waals surface area contributed by atoms with Crippen LogP contribution in [0.25, 0.3) is 0 Å². The van der Waals surface area contributed by atoms with Crippen molar-refractivity contribution in [3.8, 4) is 0 Å². The van der Waals surface area contributed by atoms with Gasteiger partial charge in [0.25, 0.3) is 0 Å². The number of rotatable bonds is 5. The van der Waals surface area contributed by atoms with Gasteiger partial charge in [0.15, 0.2) is 0 Å². The Morgan fingerprint density at radius 2 is 2.19 bits per heavy atom. The fourth-order valence-electron chi connectivity index (χ4n) is 2.17. The predicted molar refractivity (Wildman–Crippen MR) is 74.0 cm³/mol. The highest BCUT2D eigenvalue weighted by atomic mass is 16.4. The molecule has 0 bridgehead atoms. The molecule has 21 heavy (non-hydrogen) atoms. The van der Waals surface area contributed by atoms with E-state index in [1.807, 2.05) is 0 Å². The zero-order valence-electron chi connectivity index (χ0n) is 12.1. The van der Waals surface area contributed by atoms with Crippen LogP contribution in [0.4, 0.5) is 0 Å². The minimum atomic E-state index is -0.873. The lowest BCUT2D eigenvalue weighted by molar-refractivity contribution is -0.141. The van der Waals surface area contributed by atoms with Gasteiger partial charge in [0.05, 0.1) is 12.5 Å². The standard InChI is InChI=1S/C13H17N5O3/c1-7(12(19)20)4-10-8(2)16-13(21)18(9(10)3)5-11-14-6-15-17-11/h6-7H,4-5H2,1-3H3,(H,19,20)(H,14,15,17). The summed E-state index contributed by atoms with van der Waals surface area (Å²) in [6, 6.07) is 0. The van der Waals surface area contributed by atoms with Crippen LogP contribution in [0.2, 0.25) is 0 Å². The van der Waals surface area contributed by atoms with Crippen molar-refractivity contribution in [3.05, 3.63) is 39.6 Å². The van der Waals surface area contributed by atoms with Crippen LogP contribution in [-0.4, -0.2) is 35.8 Å². The number of aromatic nitrogens is 5. The molecule has 2 aromatic rings. The number of nitrogens with zero attached hydrogens (tertiary/aromatic N) is 4. The summed E-state index contributed by atoms with van der Waals surface area (Å²) < 4.78 is 1.47. The maximum Gasteiger partial charge on any atom is 0.348 e. The minimum absolute atomic E-state index is 0.229. The van der Waals surface area contributed by atoms with Gasteiger partial charge in [-0.2, -0.15) is 10.1 Å². The zero-order chi connectivity index (χ0) is 15.6. The Labute approximate surface area is 120 Å². The number of carbonyl (C=O) groups is 1. The van der Waals surface area contributed by atoms with Crippen LogP contribution in [0.5, 0.6) is 0 Å². The van der Waals surface area contributed by atoms with Gasteiger partial charge in [0, 0.05) is 11.4 Å². The number of aromatic amines is 1. The Morgan fingerprint density at radius 1 is 1.48 bits per heavy atom. The fraction of sp³-hybridized carbons (Fsp3) is 0.462. The Bertz CT molecular complexity index is 705. The van der Waals surface area contributed by atoms with E-state index < -0.39 is 11.9 Å². The van der Waals surface area contributed by atoms with Gasteiger partial charge < -0.3 is 5.11 Å². The third-order valence-electron chi connectivity index (χ3n) is 3.48. The average molecular weight is 291 g/mol. The molecule has 0 radical (unpaired) electrons. The van der Waals surface area contributed by atoms with E-state index in [0.717, 1.165) is 5.56 Å². The molecule has 0 fully saturated rings. The molecule has 2 heterocycles. The molecule has 0 amide bonds. The van der Waals surface area contributed by atoms with Crippen molar-refractivity contribution in [1.82, 2.24) is 24.7 Å². The van der Waals surface area contributed by atoms with Gasteiger partial charge in [-0.1, -0.05) is 6.92 Å². The van der Waals surface area contributed by atoms with Crippen LogP contribution < -0.4 is 5.69 Å². The smallest absolute Gasteiger partial charge is 0.348 e. The van der Waals surface area contributed by atoms with Gasteiger partial charge in [-0.05, 0) is 25.8 Å². The van der Waals surface area contributed by atoms with Gasteiger partial charge in [-0.3, -0.25) is 14.5 Å². The average Bonchev–Trinajstić information content (AvgIpc) is 2.92. The first-order chi connectivity index (χ1) is 9.90. The number of carboxylic acids is 1. The molecule has 1 atom stereocenters. The summed E-state index contributed by atoms with van der Waals surface area (Å²) in [6.07, 6.45) is 1.70. The molecule has 0 aromatic carbocycles. The summed E-state index contributed by atoms with van der Waals surface area (Å²) in [4.78, 5) is 31.0. The van der Waals surface area contributed by atoms with Crippen molar-refractivity contribution in [2.75, 3.05) is 0 Å². The van der Waals surface area contributed by atoms with Crippen molar-refractivity contribution in [2.45, 2.75) is 33.7 Å². The highest BCUT2D eigenvalue weighted by molar-refractivity contribution is 5.70. The van der Waals surface area contributed by atoms with Gasteiger partial charge in [0.2, 0.25) is 0 Å². The lowest BCUT2D eigenvalue weighted by Gasteiger charge is -2.16. The first-order valence-electron chi connectivity index (χ1n) is 6.54. The van der Waals surface area contributed by atoms with Gasteiger partial charge >= 0.3 is 11.7 Å². The van der Waals surface area contributed by atoms with E-state index in [9.17, 15) is 9.59 Å². The molecule has 0 aliphatic rings. The summed E-state index contributed by atoms with van der Waals surface area (Å²) >= 11 is 0. The summed E-state index contributed by atoms with van der Waals surface area (Å²) in [5.74, 6) is -0.870. The van der Waals surface area contributed by atoms with Crippen LogP contribution in [0.1, 0.15) is 29.7 Å². The molecular weight excluding hydrogens is 274 g/mol. The van der Waals surface area contributed by atoms with Crippen molar-refractivity contribution in [1.29, 1.82) is 0 Å². The van der Waals surface area contributed by atoms with E-state index in [4.69, 9.17) is 5.11 Å². The Balaban J connectivity index is 2.42. The summed E-state index contributed by atoms with van der Waals surface area (Å²) in [6.45, 7) is 5.37. The number of aryl methyl sites for hydroxylation is 1. The predicted octanol–water partition coefficient (Wildman–Crippen LogP) is 0.290. The summed E-state index contributed by atoms with van der Waals surface area (Å²) in [5.41, 5.74) is 1.67. The minimum Gasteiger partial charge on any atom is -0.481 e. The van der Waals surface area contributed by atoms with Crippen LogP contribution in [-0.2, 0) is 17.8 Å². The summed E-state index contributed by atoms with van der Waals surface area (Å²) in [5, 5.41) is 15.5. The van der Waals surface area contributed by atoms with Crippen LogP contribution >= 0.6 is 0 Å². The van der Waals surface area contributed by atoms with Gasteiger partial charge in [0.1, 0.15) is 12.2 Å². The number of nitrogens with one attached hydrogen (secondary N) is 1. The van der Waals surface area contributed by atoms with Crippen molar-refractivity contribution < 1.29 is 9.90 Å². The van der Waals surface area contributed by atoms with Crippen molar-refractivity contribution in [2.24, 2.45) is 5.92 Å². The highest BCUT2D eigenvalue weighted by Crippen LogP contribution is 2.15. The van der Waals surface area contributed by atoms with Gasteiger partial charge in [-0.15, -0.1) is 0 Å². The molecule has 0 aliphatic heterocycles. The molecule has 0 saturated heterocycles. The monoisotopic (exact) mass is 291 g/mol. The molecule has 2 rings (SSSR count). The van der Waals surface area contributed by atoms with Crippen molar-refractivity contribution >= 4 is 5.97 Å². The first kappa shape index (κ1) is 14.9. The van der Waals surface area contributed by atoms with E-state index in [1.165, 1.54) is 10.9 Å². The maximum atomic E-state index is 12.0. The zero-order valence-corrected chi connectivity index (χ0v) is 12.1. The maximum absolute atomic E-state index is 12.0. The normalized spacial score (nSPS) is 12.3. The molecule has 0 aliphatic carbocycles. The summed E-state index contributed by atoms with van der Waals surface area (Å²) in [7, 11) is 0. The lowest BCUT2D eigenvalue weighted by atomic mass is 9.99. The van der Waals surface area contributed by atoms with Crippen molar-refractivity contribution in [3.63, 3.8) is 0 Å². The Kier molecular flexibility index (Phi) is 4.15. The molecule has 0 saturated carbocycles. The first-order valence-corrected chi connectivity index (χ1v) is 6.54. The quantitative estimate of drug-likeness (QED) is 0.818. The lowest BCUT2D eigenvalue weighted by Crippen LogP contribution is -2.29.